The monoisotopic (exact) mass is 421 g/mol. The number of rotatable bonds is 5. The van der Waals surface area contributed by atoms with Crippen molar-refractivity contribution in [1.82, 2.24) is 4.90 Å². The molecule has 2 aromatic carbocycles. The van der Waals surface area contributed by atoms with Crippen LogP contribution in [0.1, 0.15) is 39.5 Å². The predicted octanol–water partition coefficient (Wildman–Crippen LogP) is 3.82. The van der Waals surface area contributed by atoms with E-state index in [-0.39, 0.29) is 24.2 Å². The van der Waals surface area contributed by atoms with Gasteiger partial charge in [-0.15, -0.1) is 0 Å². The maximum absolute atomic E-state index is 13.2. The van der Waals surface area contributed by atoms with Crippen molar-refractivity contribution < 1.29 is 28.3 Å². The third kappa shape index (κ3) is 4.45. The number of nitrogens with zero attached hydrogens (tertiary/aromatic N) is 1. The molecule has 1 aliphatic heterocycles. The Labute approximate surface area is 179 Å². The minimum Gasteiger partial charge on any atom is -0.463 e. The van der Waals surface area contributed by atoms with Gasteiger partial charge in [0, 0.05) is 18.7 Å². The molecule has 1 aromatic heterocycles. The summed E-state index contributed by atoms with van der Waals surface area (Å²) in [5.74, 6) is -1.05. The Morgan fingerprint density at radius 1 is 1.06 bits per heavy atom. The Balaban J connectivity index is 1.39. The number of hydrogen-bond acceptors (Lipinski definition) is 6. The normalized spacial score (nSPS) is 16.2. The average molecular weight is 421 g/mol. The van der Waals surface area contributed by atoms with Crippen molar-refractivity contribution in [3.05, 3.63) is 71.7 Å². The van der Waals surface area contributed by atoms with Crippen LogP contribution in [0.15, 0.2) is 59.0 Å². The zero-order valence-corrected chi connectivity index (χ0v) is 17.2. The molecule has 7 nitrogen and oxygen atoms in total. The molecule has 0 saturated carbocycles. The standard InChI is InChI=1S/C24H23NO6/c1-29-24(28)21-12-11-18(31-21)15-30-23(27)17-8-5-13-25(14-17)22(26)20-10-4-7-16-6-2-3-9-19(16)20/h2-4,6-7,9-12,17H,5,8,13-15H2,1H3/t17-/m0/s1. The smallest absolute Gasteiger partial charge is 0.373 e. The number of benzene rings is 2. The third-order valence-corrected chi connectivity index (χ3v) is 5.47. The second kappa shape index (κ2) is 9.04. The second-order valence-electron chi connectivity index (χ2n) is 7.48. The van der Waals surface area contributed by atoms with Crippen LogP contribution in [0, 0.1) is 5.92 Å². The SMILES string of the molecule is COC(=O)c1ccc(COC(=O)[C@H]2CCCN(C(=O)c3cccc4ccccc34)C2)o1. The van der Waals surface area contributed by atoms with Crippen LogP contribution >= 0.6 is 0 Å². The molecule has 0 radical (unpaired) electrons. The number of furan rings is 1. The molecule has 2 heterocycles. The third-order valence-electron chi connectivity index (χ3n) is 5.47. The van der Waals surface area contributed by atoms with Crippen LogP contribution in [0.25, 0.3) is 10.8 Å². The van der Waals surface area contributed by atoms with Gasteiger partial charge >= 0.3 is 11.9 Å². The molecule has 0 aliphatic carbocycles. The molecule has 0 N–H and O–H groups in total. The first-order chi connectivity index (χ1) is 15.1. The summed E-state index contributed by atoms with van der Waals surface area (Å²) in [5, 5.41) is 1.91. The lowest BCUT2D eigenvalue weighted by atomic mass is 9.96. The molecule has 1 fully saturated rings. The molecule has 160 valence electrons. The van der Waals surface area contributed by atoms with E-state index in [0.29, 0.717) is 30.8 Å². The maximum Gasteiger partial charge on any atom is 0.373 e. The summed E-state index contributed by atoms with van der Waals surface area (Å²) in [6, 6.07) is 16.5. The van der Waals surface area contributed by atoms with Crippen molar-refractivity contribution in [2.45, 2.75) is 19.4 Å². The van der Waals surface area contributed by atoms with E-state index in [1.54, 1.807) is 11.0 Å². The number of hydrogen-bond donors (Lipinski definition) is 0. The van der Waals surface area contributed by atoms with Crippen LogP contribution in [0.5, 0.6) is 0 Å². The van der Waals surface area contributed by atoms with Crippen molar-refractivity contribution in [2.75, 3.05) is 20.2 Å². The van der Waals surface area contributed by atoms with Crippen LogP contribution < -0.4 is 0 Å². The first kappa shape index (κ1) is 20.7. The summed E-state index contributed by atoms with van der Waals surface area (Å²) in [6.45, 7) is 0.836. The summed E-state index contributed by atoms with van der Waals surface area (Å²) >= 11 is 0. The number of carbonyl (C=O) groups excluding carboxylic acids is 3. The topological polar surface area (TPSA) is 86.0 Å². The van der Waals surface area contributed by atoms with E-state index in [2.05, 4.69) is 4.74 Å². The van der Waals surface area contributed by atoms with Crippen molar-refractivity contribution in [3.63, 3.8) is 0 Å². The summed E-state index contributed by atoms with van der Waals surface area (Å²) < 4.78 is 15.3. The Bertz CT molecular complexity index is 1110. The van der Waals surface area contributed by atoms with Crippen LogP contribution in [0.2, 0.25) is 0 Å². The number of likely N-dealkylation sites (tertiary alicyclic amines) is 1. The lowest BCUT2D eigenvalue weighted by molar-refractivity contribution is -0.152. The molecule has 0 unspecified atom stereocenters. The number of methoxy groups -OCH3 is 1. The van der Waals surface area contributed by atoms with Crippen molar-refractivity contribution >= 4 is 28.6 Å². The van der Waals surface area contributed by atoms with Gasteiger partial charge in [-0.25, -0.2) is 4.79 Å². The van der Waals surface area contributed by atoms with E-state index in [4.69, 9.17) is 9.15 Å². The largest absolute Gasteiger partial charge is 0.463 e. The molecule has 31 heavy (non-hydrogen) atoms. The molecule has 1 amide bonds. The van der Waals surface area contributed by atoms with E-state index in [9.17, 15) is 14.4 Å². The molecule has 3 aromatic rings. The van der Waals surface area contributed by atoms with Crippen molar-refractivity contribution in [3.8, 4) is 0 Å². The molecule has 0 bridgehead atoms. The molecule has 0 spiro atoms. The van der Waals surface area contributed by atoms with Gasteiger partial charge in [-0.1, -0.05) is 36.4 Å². The Hall–Kier alpha value is -3.61. The number of carbonyl (C=O) groups is 3. The lowest BCUT2D eigenvalue weighted by Crippen LogP contribution is -2.42. The van der Waals surface area contributed by atoms with E-state index in [0.717, 1.165) is 17.2 Å². The van der Waals surface area contributed by atoms with Crippen LogP contribution in [0.3, 0.4) is 0 Å². The van der Waals surface area contributed by atoms with Gasteiger partial charge in [-0.05, 0) is 41.8 Å². The zero-order valence-electron chi connectivity index (χ0n) is 17.2. The van der Waals surface area contributed by atoms with Crippen molar-refractivity contribution in [2.24, 2.45) is 5.92 Å². The van der Waals surface area contributed by atoms with Gasteiger partial charge in [0.1, 0.15) is 12.4 Å². The molecule has 1 atom stereocenters. The highest BCUT2D eigenvalue weighted by molar-refractivity contribution is 6.07. The van der Waals surface area contributed by atoms with Gasteiger partial charge in [-0.2, -0.15) is 0 Å². The van der Waals surface area contributed by atoms with Gasteiger partial charge in [0.15, 0.2) is 0 Å². The van der Waals surface area contributed by atoms with E-state index in [1.165, 1.54) is 13.2 Å². The first-order valence-corrected chi connectivity index (χ1v) is 10.2. The first-order valence-electron chi connectivity index (χ1n) is 10.2. The summed E-state index contributed by atoms with van der Waals surface area (Å²) in [5.41, 5.74) is 0.637. The lowest BCUT2D eigenvalue weighted by Gasteiger charge is -2.31. The average Bonchev–Trinajstić information content (AvgIpc) is 3.30. The zero-order chi connectivity index (χ0) is 21.8. The fourth-order valence-corrected chi connectivity index (χ4v) is 3.86. The highest BCUT2D eigenvalue weighted by atomic mass is 16.6. The molecular formula is C24H23NO6. The minimum absolute atomic E-state index is 0.0538. The molecular weight excluding hydrogens is 398 g/mol. The van der Waals surface area contributed by atoms with Gasteiger partial charge < -0.3 is 18.8 Å². The number of esters is 2. The number of amides is 1. The summed E-state index contributed by atoms with van der Waals surface area (Å²) in [6.07, 6.45) is 1.38. The van der Waals surface area contributed by atoms with Gasteiger partial charge in [0.05, 0.1) is 13.0 Å². The molecule has 1 aliphatic rings. The fraction of sp³-hybridized carbons (Fsp3) is 0.292. The fourth-order valence-electron chi connectivity index (χ4n) is 3.86. The molecule has 7 heteroatoms. The molecule has 4 rings (SSSR count). The Kier molecular flexibility index (Phi) is 6.02. The van der Waals surface area contributed by atoms with Gasteiger partial charge in [0.25, 0.3) is 5.91 Å². The minimum atomic E-state index is -0.590. The predicted molar refractivity (Wildman–Crippen MR) is 112 cm³/mol. The second-order valence-corrected chi connectivity index (χ2v) is 7.48. The van der Waals surface area contributed by atoms with Crippen molar-refractivity contribution in [1.29, 1.82) is 0 Å². The van der Waals surface area contributed by atoms with E-state index < -0.39 is 11.9 Å². The highest BCUT2D eigenvalue weighted by Gasteiger charge is 2.30. The van der Waals surface area contributed by atoms with Crippen LogP contribution in [-0.2, 0) is 20.9 Å². The number of fused-ring (bicyclic) bond motifs is 1. The van der Waals surface area contributed by atoms with Gasteiger partial charge in [-0.3, -0.25) is 9.59 Å². The summed E-state index contributed by atoms with van der Waals surface area (Å²) in [4.78, 5) is 38.9. The summed E-state index contributed by atoms with van der Waals surface area (Å²) in [7, 11) is 1.26. The van der Waals surface area contributed by atoms with Gasteiger partial charge in [0.2, 0.25) is 5.76 Å². The number of ether oxygens (including phenoxy) is 2. The van der Waals surface area contributed by atoms with E-state index in [1.807, 2.05) is 42.5 Å². The van der Waals surface area contributed by atoms with E-state index >= 15 is 0 Å². The maximum atomic E-state index is 13.2. The van der Waals surface area contributed by atoms with Crippen LogP contribution in [-0.4, -0.2) is 42.9 Å². The van der Waals surface area contributed by atoms with Crippen LogP contribution in [0.4, 0.5) is 0 Å². The highest BCUT2D eigenvalue weighted by Crippen LogP contribution is 2.24. The Morgan fingerprint density at radius 3 is 2.71 bits per heavy atom. The molecule has 1 saturated heterocycles. The Morgan fingerprint density at radius 2 is 1.87 bits per heavy atom. The number of piperidine rings is 1. The quantitative estimate of drug-likeness (QED) is 0.582.